The first-order valence-electron chi connectivity index (χ1n) is 17.0. The molecule has 1 spiro atoms. The number of benzene rings is 2. The van der Waals surface area contributed by atoms with Crippen LogP contribution in [0.2, 0.25) is 5.02 Å². The minimum Gasteiger partial charge on any atom is -0.493 e. The molecule has 0 radical (unpaired) electrons. The zero-order valence-electron chi connectivity index (χ0n) is 27.4. The Hall–Kier alpha value is -3.29. The smallest absolute Gasteiger partial charge is 0.329 e. The highest BCUT2D eigenvalue weighted by Gasteiger charge is 2.54. The molecule has 246 valence electrons. The van der Waals surface area contributed by atoms with Gasteiger partial charge in [-0.15, -0.1) is 0 Å². The number of aryl methyl sites for hydroxylation is 1. The average molecular weight is 646 g/mol. The summed E-state index contributed by atoms with van der Waals surface area (Å²) in [6.45, 7) is 7.64. The minimum atomic E-state index is -1.06. The predicted molar refractivity (Wildman–Crippen MR) is 183 cm³/mol. The third kappa shape index (κ3) is 6.46. The molecule has 1 unspecified atom stereocenters. The Bertz CT molecular complexity index is 1550. The lowest BCUT2D eigenvalue weighted by molar-refractivity contribution is -0.144. The highest BCUT2D eigenvalue weighted by Crippen LogP contribution is 2.57. The molecule has 1 heterocycles. The van der Waals surface area contributed by atoms with E-state index in [1.807, 2.05) is 31.3 Å². The number of nitrogens with two attached hydrogens (primary N) is 1. The molecule has 0 bridgehead atoms. The van der Waals surface area contributed by atoms with Crippen LogP contribution in [0.5, 0.6) is 11.5 Å². The van der Waals surface area contributed by atoms with Crippen LogP contribution in [0.3, 0.4) is 0 Å². The van der Waals surface area contributed by atoms with Gasteiger partial charge in [0, 0.05) is 34.7 Å². The van der Waals surface area contributed by atoms with Gasteiger partial charge < -0.3 is 25.6 Å². The van der Waals surface area contributed by atoms with Crippen LogP contribution in [0.15, 0.2) is 54.7 Å². The summed E-state index contributed by atoms with van der Waals surface area (Å²) < 4.78 is 12.7. The highest BCUT2D eigenvalue weighted by molar-refractivity contribution is 6.30. The average Bonchev–Trinajstić information content (AvgIpc) is 3.32. The van der Waals surface area contributed by atoms with Gasteiger partial charge in [0.25, 0.3) is 0 Å². The topological polar surface area (TPSA) is 107 Å². The normalized spacial score (nSPS) is 26.5. The number of carboxylic acids is 1. The van der Waals surface area contributed by atoms with Crippen molar-refractivity contribution in [3.8, 4) is 11.5 Å². The van der Waals surface area contributed by atoms with Crippen LogP contribution in [-0.2, 0) is 23.1 Å². The van der Waals surface area contributed by atoms with Gasteiger partial charge in [0.2, 0.25) is 0 Å². The van der Waals surface area contributed by atoms with E-state index in [1.165, 1.54) is 35.2 Å². The van der Waals surface area contributed by atoms with Crippen molar-refractivity contribution < 1.29 is 19.4 Å². The molecular weight excluding hydrogens is 598 g/mol. The second-order valence-electron chi connectivity index (χ2n) is 14.2. The summed E-state index contributed by atoms with van der Waals surface area (Å²) in [6, 6.07) is 15.9. The molecule has 6 rings (SSSR count). The molecule has 0 amide bonds. The zero-order valence-corrected chi connectivity index (χ0v) is 28.1. The van der Waals surface area contributed by atoms with E-state index in [-0.39, 0.29) is 11.5 Å². The minimum absolute atomic E-state index is 0.0852. The third-order valence-electron chi connectivity index (χ3n) is 10.9. The van der Waals surface area contributed by atoms with Crippen molar-refractivity contribution in [2.24, 2.45) is 17.6 Å². The number of aromatic nitrogens is 1. The second-order valence-corrected chi connectivity index (χ2v) is 14.6. The largest absolute Gasteiger partial charge is 0.493 e. The van der Waals surface area contributed by atoms with Crippen LogP contribution < -0.4 is 20.5 Å². The van der Waals surface area contributed by atoms with Gasteiger partial charge in [-0.3, -0.25) is 4.98 Å². The van der Waals surface area contributed by atoms with E-state index >= 15 is 0 Å². The van der Waals surface area contributed by atoms with Crippen molar-refractivity contribution in [2.75, 3.05) is 18.5 Å². The van der Waals surface area contributed by atoms with Gasteiger partial charge in [0.15, 0.2) is 0 Å². The van der Waals surface area contributed by atoms with Gasteiger partial charge in [0.05, 0.1) is 6.61 Å². The van der Waals surface area contributed by atoms with Crippen molar-refractivity contribution in [1.82, 2.24) is 4.98 Å². The van der Waals surface area contributed by atoms with E-state index < -0.39 is 11.5 Å². The Labute approximate surface area is 278 Å². The number of hydrogen-bond acceptors (Lipinski definition) is 6. The molecule has 1 aromatic heterocycles. The van der Waals surface area contributed by atoms with Crippen molar-refractivity contribution in [3.63, 3.8) is 0 Å². The quantitative estimate of drug-likeness (QED) is 0.194. The monoisotopic (exact) mass is 645 g/mol. The summed E-state index contributed by atoms with van der Waals surface area (Å²) in [4.78, 5) is 17.5. The van der Waals surface area contributed by atoms with Crippen molar-refractivity contribution in [1.29, 1.82) is 0 Å². The number of hydrogen-bond donors (Lipinski definition) is 3. The van der Waals surface area contributed by atoms with E-state index in [4.69, 9.17) is 26.8 Å². The molecule has 3 aliphatic carbocycles. The van der Waals surface area contributed by atoms with E-state index in [9.17, 15) is 9.90 Å². The van der Waals surface area contributed by atoms with Gasteiger partial charge in [-0.05, 0) is 135 Å². The molecule has 46 heavy (non-hydrogen) atoms. The number of carbonyl (C=O) groups is 1. The van der Waals surface area contributed by atoms with E-state index in [0.29, 0.717) is 48.8 Å². The summed E-state index contributed by atoms with van der Waals surface area (Å²) in [5.74, 6) is 2.15. The van der Waals surface area contributed by atoms with E-state index in [0.717, 1.165) is 49.3 Å². The summed E-state index contributed by atoms with van der Waals surface area (Å²) in [5.41, 5.74) is 10.5. The maximum absolute atomic E-state index is 12.9. The molecule has 3 aromatic rings. The lowest BCUT2D eigenvalue weighted by atomic mass is 9.59. The number of carboxylic acid groups (broad SMARTS) is 1. The molecule has 4 atom stereocenters. The Morgan fingerprint density at radius 1 is 1.15 bits per heavy atom. The van der Waals surface area contributed by atoms with Gasteiger partial charge in [-0.2, -0.15) is 0 Å². The fourth-order valence-corrected chi connectivity index (χ4v) is 8.62. The molecule has 7 nitrogen and oxygen atoms in total. The Morgan fingerprint density at radius 2 is 1.96 bits per heavy atom. The molecule has 2 aromatic carbocycles. The number of rotatable bonds is 11. The fraction of sp³-hybridized carbons (Fsp3) is 0.526. The SMILES string of the molecule is C[C@@H](COc1ccnc2c1[C@H](C)CCC2)CC1Cc2ccc(O[C@@H](C)CN)cc2C12CCC(Nc1cccc(Cl)c1)(C(=O)O)CC2. The number of anilines is 1. The highest BCUT2D eigenvalue weighted by atomic mass is 35.5. The number of fused-ring (bicyclic) bond motifs is 3. The number of halogens is 1. The number of ether oxygens (including phenoxy) is 2. The van der Waals surface area contributed by atoms with Crippen LogP contribution in [0, 0.1) is 11.8 Å². The van der Waals surface area contributed by atoms with Gasteiger partial charge in [0.1, 0.15) is 23.1 Å². The number of nitrogens with one attached hydrogen (secondary N) is 1. The van der Waals surface area contributed by atoms with Crippen LogP contribution in [-0.4, -0.2) is 40.9 Å². The van der Waals surface area contributed by atoms with Gasteiger partial charge in [-0.25, -0.2) is 4.79 Å². The Morgan fingerprint density at radius 3 is 2.70 bits per heavy atom. The molecule has 1 saturated carbocycles. The molecule has 0 saturated heterocycles. The molecule has 0 aliphatic heterocycles. The molecule has 3 aliphatic rings. The standard InChI is InChI=1S/C38H48ClN3O4/c1-24(23-45-34-12-17-41-33-9-4-6-25(2)35(33)34)18-28-19-27-10-11-31(46-26(3)22-40)21-32(27)37(28)13-15-38(16-14-37,36(43)44)42-30-8-5-7-29(39)20-30/h5,7-8,10-12,17,20-21,24-26,28,42H,4,6,9,13-16,18-19,22-23,40H2,1-3H3,(H,43,44)/t24-,25-,26+,28?,37?,38?/m1/s1. The second kappa shape index (κ2) is 13.4. The maximum Gasteiger partial charge on any atom is 0.329 e. The summed E-state index contributed by atoms with van der Waals surface area (Å²) in [6.07, 6.45) is 9.71. The number of aliphatic carboxylic acids is 1. The van der Waals surface area contributed by atoms with Crippen LogP contribution in [0.4, 0.5) is 5.69 Å². The zero-order chi connectivity index (χ0) is 32.5. The molecule has 1 fully saturated rings. The molecule has 4 N–H and O–H groups in total. The van der Waals surface area contributed by atoms with Crippen LogP contribution in [0.25, 0.3) is 0 Å². The molecule has 8 heteroatoms. The van der Waals surface area contributed by atoms with Crippen molar-refractivity contribution in [3.05, 3.63) is 82.1 Å². The Kier molecular flexibility index (Phi) is 9.54. The number of nitrogens with zero attached hydrogens (tertiary/aromatic N) is 1. The van der Waals surface area contributed by atoms with Crippen LogP contribution >= 0.6 is 11.6 Å². The van der Waals surface area contributed by atoms with E-state index in [1.54, 1.807) is 12.1 Å². The Balaban J connectivity index is 1.24. The maximum atomic E-state index is 12.9. The number of pyridine rings is 1. The summed E-state index contributed by atoms with van der Waals surface area (Å²) in [7, 11) is 0. The van der Waals surface area contributed by atoms with Crippen molar-refractivity contribution in [2.45, 2.75) is 102 Å². The van der Waals surface area contributed by atoms with Crippen molar-refractivity contribution >= 4 is 23.3 Å². The van der Waals surface area contributed by atoms with Crippen LogP contribution in [0.1, 0.15) is 94.0 Å². The first-order valence-corrected chi connectivity index (χ1v) is 17.4. The fourth-order valence-electron chi connectivity index (χ4n) is 8.43. The lowest BCUT2D eigenvalue weighted by Crippen LogP contribution is -2.53. The summed E-state index contributed by atoms with van der Waals surface area (Å²) >= 11 is 6.26. The first kappa shape index (κ1) is 32.6. The first-order chi connectivity index (χ1) is 22.1. The predicted octanol–water partition coefficient (Wildman–Crippen LogP) is 7.93. The third-order valence-corrected chi connectivity index (χ3v) is 11.2. The molecular formula is C38H48ClN3O4. The van der Waals surface area contributed by atoms with Gasteiger partial charge >= 0.3 is 5.97 Å². The lowest BCUT2D eigenvalue weighted by Gasteiger charge is -2.47. The van der Waals surface area contributed by atoms with Gasteiger partial charge in [-0.1, -0.05) is 37.6 Å². The summed E-state index contributed by atoms with van der Waals surface area (Å²) in [5, 5.41) is 14.5. The van der Waals surface area contributed by atoms with E-state index in [2.05, 4.69) is 42.3 Å².